The van der Waals surface area contributed by atoms with Crippen LogP contribution in [0.1, 0.15) is 37.3 Å². The van der Waals surface area contributed by atoms with Crippen molar-refractivity contribution in [1.82, 2.24) is 4.90 Å². The third-order valence-corrected chi connectivity index (χ3v) is 3.78. The molecule has 100 valence electrons. The fourth-order valence-electron chi connectivity index (χ4n) is 2.75. The van der Waals surface area contributed by atoms with Gasteiger partial charge in [0.15, 0.2) is 0 Å². The summed E-state index contributed by atoms with van der Waals surface area (Å²) >= 11 is 0. The Morgan fingerprint density at radius 3 is 2.56 bits per heavy atom. The van der Waals surface area contributed by atoms with E-state index in [1.165, 1.54) is 44.3 Å². The average Bonchev–Trinajstić information content (AvgIpc) is 2.69. The zero-order valence-electron chi connectivity index (χ0n) is 11.3. The second kappa shape index (κ2) is 6.76. The van der Waals surface area contributed by atoms with Gasteiger partial charge in [0.05, 0.1) is 7.11 Å². The van der Waals surface area contributed by atoms with Crippen LogP contribution in [-0.2, 0) is 0 Å². The van der Waals surface area contributed by atoms with Gasteiger partial charge in [-0.25, -0.2) is 0 Å². The maximum atomic E-state index is 6.00. The maximum absolute atomic E-state index is 6.00. The quantitative estimate of drug-likeness (QED) is 0.890. The van der Waals surface area contributed by atoms with Crippen LogP contribution in [0.15, 0.2) is 24.3 Å². The summed E-state index contributed by atoms with van der Waals surface area (Å²) in [6, 6.07) is 8.64. The lowest BCUT2D eigenvalue weighted by Gasteiger charge is -2.30. The molecular weight excluding hydrogens is 224 g/mol. The van der Waals surface area contributed by atoms with Crippen molar-refractivity contribution in [2.75, 3.05) is 26.7 Å². The van der Waals surface area contributed by atoms with Crippen molar-refractivity contribution >= 4 is 0 Å². The Balaban J connectivity index is 2.15. The number of hydrogen-bond donors (Lipinski definition) is 1. The Kier molecular flexibility index (Phi) is 5.02. The summed E-state index contributed by atoms with van der Waals surface area (Å²) in [5.41, 5.74) is 7.27. The first-order chi connectivity index (χ1) is 8.85. The third kappa shape index (κ3) is 3.24. The molecule has 1 aliphatic rings. The van der Waals surface area contributed by atoms with E-state index >= 15 is 0 Å². The van der Waals surface area contributed by atoms with Crippen molar-refractivity contribution in [2.24, 2.45) is 5.73 Å². The van der Waals surface area contributed by atoms with Crippen LogP contribution in [-0.4, -0.2) is 31.6 Å². The molecule has 1 atom stereocenters. The fourth-order valence-corrected chi connectivity index (χ4v) is 2.75. The summed E-state index contributed by atoms with van der Waals surface area (Å²) in [7, 11) is 1.71. The average molecular weight is 248 g/mol. The molecule has 0 saturated carbocycles. The van der Waals surface area contributed by atoms with Gasteiger partial charge in [-0.1, -0.05) is 25.0 Å². The highest BCUT2D eigenvalue weighted by molar-refractivity contribution is 5.30. The number of benzene rings is 1. The van der Waals surface area contributed by atoms with E-state index in [4.69, 9.17) is 10.5 Å². The van der Waals surface area contributed by atoms with Gasteiger partial charge in [0.2, 0.25) is 0 Å². The molecule has 18 heavy (non-hydrogen) atoms. The summed E-state index contributed by atoms with van der Waals surface area (Å²) in [5.74, 6) is 0.917. The van der Waals surface area contributed by atoms with E-state index in [2.05, 4.69) is 23.1 Å². The van der Waals surface area contributed by atoms with Gasteiger partial charge >= 0.3 is 0 Å². The molecule has 1 saturated heterocycles. The largest absolute Gasteiger partial charge is 0.497 e. The van der Waals surface area contributed by atoms with E-state index < -0.39 is 0 Å². The first kappa shape index (κ1) is 13.4. The standard InChI is InChI=1S/C15H24N2O/c1-18-14-8-6-7-13(11-14)15(12-16)17-9-4-2-3-5-10-17/h6-8,11,15H,2-5,9-10,12,16H2,1H3. The molecule has 1 fully saturated rings. The Hall–Kier alpha value is -1.06. The molecule has 1 heterocycles. The highest BCUT2D eigenvalue weighted by Gasteiger charge is 2.20. The van der Waals surface area contributed by atoms with E-state index in [1.807, 2.05) is 6.07 Å². The first-order valence-corrected chi connectivity index (χ1v) is 6.93. The topological polar surface area (TPSA) is 38.5 Å². The number of hydrogen-bond acceptors (Lipinski definition) is 3. The summed E-state index contributed by atoms with van der Waals surface area (Å²) in [6.07, 6.45) is 5.29. The van der Waals surface area contributed by atoms with E-state index in [0.29, 0.717) is 12.6 Å². The normalized spacial score (nSPS) is 19.2. The van der Waals surface area contributed by atoms with Gasteiger partial charge in [0, 0.05) is 12.6 Å². The van der Waals surface area contributed by atoms with Crippen molar-refractivity contribution in [3.05, 3.63) is 29.8 Å². The molecule has 0 bridgehead atoms. The molecule has 3 nitrogen and oxygen atoms in total. The van der Waals surface area contributed by atoms with Crippen molar-refractivity contribution in [3.63, 3.8) is 0 Å². The van der Waals surface area contributed by atoms with Gasteiger partial charge in [0.1, 0.15) is 5.75 Å². The Morgan fingerprint density at radius 2 is 1.94 bits per heavy atom. The second-order valence-corrected chi connectivity index (χ2v) is 4.98. The summed E-state index contributed by atoms with van der Waals surface area (Å²) in [6.45, 7) is 3.01. The lowest BCUT2D eigenvalue weighted by molar-refractivity contribution is 0.209. The first-order valence-electron chi connectivity index (χ1n) is 6.93. The third-order valence-electron chi connectivity index (χ3n) is 3.78. The van der Waals surface area contributed by atoms with Crippen LogP contribution in [0, 0.1) is 0 Å². The second-order valence-electron chi connectivity index (χ2n) is 4.98. The molecule has 0 spiro atoms. The van der Waals surface area contributed by atoms with Gasteiger partial charge in [0.25, 0.3) is 0 Å². The zero-order valence-corrected chi connectivity index (χ0v) is 11.3. The minimum atomic E-state index is 0.332. The Labute approximate surface area is 110 Å². The van der Waals surface area contributed by atoms with Crippen molar-refractivity contribution in [3.8, 4) is 5.75 Å². The molecule has 0 radical (unpaired) electrons. The molecule has 1 aromatic carbocycles. The Morgan fingerprint density at radius 1 is 1.22 bits per heavy atom. The summed E-state index contributed by atoms with van der Waals surface area (Å²) < 4.78 is 5.30. The number of ether oxygens (including phenoxy) is 1. The molecule has 0 amide bonds. The number of methoxy groups -OCH3 is 1. The van der Waals surface area contributed by atoms with Crippen LogP contribution in [0.25, 0.3) is 0 Å². The molecule has 0 aliphatic carbocycles. The van der Waals surface area contributed by atoms with Crippen molar-refractivity contribution < 1.29 is 4.74 Å². The van der Waals surface area contributed by atoms with Crippen LogP contribution in [0.4, 0.5) is 0 Å². The van der Waals surface area contributed by atoms with Gasteiger partial charge in [-0.2, -0.15) is 0 Å². The zero-order chi connectivity index (χ0) is 12.8. The van der Waals surface area contributed by atoms with Crippen LogP contribution in [0.5, 0.6) is 5.75 Å². The lowest BCUT2D eigenvalue weighted by Crippen LogP contribution is -2.34. The van der Waals surface area contributed by atoms with Gasteiger partial charge < -0.3 is 10.5 Å². The SMILES string of the molecule is COc1cccc(C(CN)N2CCCCCC2)c1. The van der Waals surface area contributed by atoms with E-state index in [9.17, 15) is 0 Å². The van der Waals surface area contributed by atoms with Gasteiger partial charge in [-0.3, -0.25) is 4.90 Å². The highest BCUT2D eigenvalue weighted by atomic mass is 16.5. The lowest BCUT2D eigenvalue weighted by atomic mass is 10.0. The molecule has 2 N–H and O–H groups in total. The van der Waals surface area contributed by atoms with Crippen molar-refractivity contribution in [1.29, 1.82) is 0 Å². The van der Waals surface area contributed by atoms with Crippen LogP contribution >= 0.6 is 0 Å². The molecule has 3 heteroatoms. The van der Waals surface area contributed by atoms with Crippen LogP contribution in [0.3, 0.4) is 0 Å². The molecule has 2 rings (SSSR count). The number of nitrogens with zero attached hydrogens (tertiary/aromatic N) is 1. The van der Waals surface area contributed by atoms with Crippen LogP contribution in [0.2, 0.25) is 0 Å². The molecule has 1 unspecified atom stereocenters. The molecule has 1 aliphatic heterocycles. The monoisotopic (exact) mass is 248 g/mol. The van der Waals surface area contributed by atoms with E-state index in [-0.39, 0.29) is 0 Å². The van der Waals surface area contributed by atoms with Gasteiger partial charge in [-0.05, 0) is 43.6 Å². The van der Waals surface area contributed by atoms with E-state index in [1.54, 1.807) is 7.11 Å². The number of likely N-dealkylation sites (tertiary alicyclic amines) is 1. The maximum Gasteiger partial charge on any atom is 0.119 e. The molecule has 0 aromatic heterocycles. The number of nitrogens with two attached hydrogens (primary N) is 1. The Bertz CT molecular complexity index is 359. The fraction of sp³-hybridized carbons (Fsp3) is 0.600. The molecular formula is C15H24N2O. The smallest absolute Gasteiger partial charge is 0.119 e. The summed E-state index contributed by atoms with van der Waals surface area (Å²) in [4.78, 5) is 2.53. The minimum Gasteiger partial charge on any atom is -0.497 e. The predicted molar refractivity (Wildman–Crippen MR) is 74.8 cm³/mol. The van der Waals surface area contributed by atoms with Crippen LogP contribution < -0.4 is 10.5 Å². The summed E-state index contributed by atoms with van der Waals surface area (Å²) in [5, 5.41) is 0. The number of rotatable bonds is 4. The van der Waals surface area contributed by atoms with Crippen molar-refractivity contribution in [2.45, 2.75) is 31.7 Å². The minimum absolute atomic E-state index is 0.332. The molecule has 1 aromatic rings. The van der Waals surface area contributed by atoms with E-state index in [0.717, 1.165) is 5.75 Å². The highest BCUT2D eigenvalue weighted by Crippen LogP contribution is 2.25. The predicted octanol–water partition coefficient (Wildman–Crippen LogP) is 2.57. The van der Waals surface area contributed by atoms with Gasteiger partial charge in [-0.15, -0.1) is 0 Å².